The molecule has 3 aromatic rings. The Labute approximate surface area is 262 Å². The highest BCUT2D eigenvalue weighted by Crippen LogP contribution is 2.14. The number of ketones is 3. The van der Waals surface area contributed by atoms with Crippen LogP contribution in [0.25, 0.3) is 0 Å². The number of ether oxygens (including phenoxy) is 5. The molecular formula is C34H38O11. The highest BCUT2D eigenvalue weighted by atomic mass is 16.5. The van der Waals surface area contributed by atoms with Gasteiger partial charge in [0.1, 0.15) is 30.8 Å². The maximum Gasteiger partial charge on any atom is 0.313 e. The Balaban J connectivity index is 0.000000338. The Kier molecular flexibility index (Phi) is 17.9. The van der Waals surface area contributed by atoms with Crippen LogP contribution < -0.4 is 9.47 Å². The van der Waals surface area contributed by atoms with Crippen molar-refractivity contribution in [2.45, 2.75) is 33.1 Å². The summed E-state index contributed by atoms with van der Waals surface area (Å²) in [5, 5.41) is 0. The van der Waals surface area contributed by atoms with Gasteiger partial charge in [0.15, 0.2) is 17.3 Å². The van der Waals surface area contributed by atoms with E-state index in [4.69, 9.17) is 14.2 Å². The number of benzene rings is 3. The summed E-state index contributed by atoms with van der Waals surface area (Å²) < 4.78 is 23.7. The van der Waals surface area contributed by atoms with Crippen LogP contribution in [0.4, 0.5) is 0 Å². The van der Waals surface area contributed by atoms with Gasteiger partial charge in [-0.3, -0.25) is 28.8 Å². The van der Waals surface area contributed by atoms with Crippen LogP contribution in [0.5, 0.6) is 11.5 Å². The fraction of sp³-hybridized carbons (Fsp3) is 0.294. The summed E-state index contributed by atoms with van der Waals surface area (Å²) in [6, 6.07) is 21.9. The number of methoxy groups -OCH3 is 3. The summed E-state index contributed by atoms with van der Waals surface area (Å²) in [6.07, 6.45) is -0.638. The van der Waals surface area contributed by atoms with E-state index in [9.17, 15) is 28.8 Å². The SMILES string of the molecule is CCOC(=O)CC(=O)c1ccc(OC)cc1.CCOC(=O)CC(=O)c1ccccc1.COC(=O)CC(=O)c1ccc(OC)cc1. The molecule has 3 rings (SSSR count). The van der Waals surface area contributed by atoms with E-state index >= 15 is 0 Å². The van der Waals surface area contributed by atoms with Gasteiger partial charge in [-0.25, -0.2) is 0 Å². The molecular weight excluding hydrogens is 584 g/mol. The summed E-state index contributed by atoms with van der Waals surface area (Å²) in [5.74, 6) is -0.868. The molecule has 0 aliphatic rings. The molecule has 0 aromatic heterocycles. The zero-order valence-corrected chi connectivity index (χ0v) is 26.0. The third kappa shape index (κ3) is 15.1. The van der Waals surface area contributed by atoms with Crippen molar-refractivity contribution in [3.63, 3.8) is 0 Å². The lowest BCUT2D eigenvalue weighted by atomic mass is 10.1. The summed E-state index contributed by atoms with van der Waals surface area (Å²) in [6.45, 7) is 4.01. The minimum Gasteiger partial charge on any atom is -0.497 e. The highest BCUT2D eigenvalue weighted by Gasteiger charge is 2.13. The zero-order chi connectivity index (χ0) is 33.6. The van der Waals surface area contributed by atoms with Crippen molar-refractivity contribution >= 4 is 35.3 Å². The van der Waals surface area contributed by atoms with E-state index in [1.54, 1.807) is 101 Å². The molecule has 11 heteroatoms. The first-order valence-electron chi connectivity index (χ1n) is 13.9. The molecule has 3 aromatic carbocycles. The van der Waals surface area contributed by atoms with Crippen LogP contribution in [-0.4, -0.2) is 69.8 Å². The molecule has 0 saturated carbocycles. The first-order valence-corrected chi connectivity index (χ1v) is 13.9. The number of carbonyl (C=O) groups is 6. The lowest BCUT2D eigenvalue weighted by Gasteiger charge is -2.03. The van der Waals surface area contributed by atoms with Crippen molar-refractivity contribution in [3.8, 4) is 11.5 Å². The van der Waals surface area contributed by atoms with Crippen LogP contribution in [0.3, 0.4) is 0 Å². The van der Waals surface area contributed by atoms with Gasteiger partial charge in [-0.1, -0.05) is 30.3 Å². The molecule has 45 heavy (non-hydrogen) atoms. The second-order valence-electron chi connectivity index (χ2n) is 8.81. The molecule has 0 fully saturated rings. The van der Waals surface area contributed by atoms with Gasteiger partial charge in [0.25, 0.3) is 0 Å². The summed E-state index contributed by atoms with van der Waals surface area (Å²) >= 11 is 0. The first kappa shape index (κ1) is 37.7. The fourth-order valence-corrected chi connectivity index (χ4v) is 3.37. The van der Waals surface area contributed by atoms with Crippen LogP contribution in [0.1, 0.15) is 64.2 Å². The molecule has 0 unspecified atom stereocenters. The van der Waals surface area contributed by atoms with E-state index in [-0.39, 0.29) is 43.2 Å². The van der Waals surface area contributed by atoms with Crippen molar-refractivity contribution in [3.05, 3.63) is 95.6 Å². The molecule has 0 spiro atoms. The van der Waals surface area contributed by atoms with E-state index in [1.807, 2.05) is 6.07 Å². The molecule has 0 aliphatic heterocycles. The number of esters is 3. The van der Waals surface area contributed by atoms with Crippen molar-refractivity contribution in [1.29, 1.82) is 0 Å². The maximum absolute atomic E-state index is 11.6. The van der Waals surface area contributed by atoms with E-state index in [2.05, 4.69) is 9.47 Å². The predicted octanol–water partition coefficient (Wildman–Crippen LogP) is 5.09. The summed E-state index contributed by atoms with van der Waals surface area (Å²) in [4.78, 5) is 67.4. The Bertz CT molecular complexity index is 1380. The van der Waals surface area contributed by atoms with Gasteiger partial charge >= 0.3 is 17.9 Å². The Morgan fingerprint density at radius 3 is 1.11 bits per heavy atom. The molecule has 0 saturated heterocycles. The van der Waals surface area contributed by atoms with Crippen LogP contribution >= 0.6 is 0 Å². The molecule has 0 bridgehead atoms. The normalized spacial score (nSPS) is 9.53. The highest BCUT2D eigenvalue weighted by molar-refractivity contribution is 6.07. The molecule has 0 atom stereocenters. The quantitative estimate of drug-likeness (QED) is 0.109. The van der Waals surface area contributed by atoms with Crippen molar-refractivity contribution < 1.29 is 52.5 Å². The monoisotopic (exact) mass is 622 g/mol. The number of hydrogen-bond donors (Lipinski definition) is 0. The second-order valence-corrected chi connectivity index (χ2v) is 8.81. The summed E-state index contributed by atoms with van der Waals surface area (Å²) in [7, 11) is 4.35. The van der Waals surface area contributed by atoms with Gasteiger partial charge in [-0.05, 0) is 62.4 Å². The first-order chi connectivity index (χ1) is 21.6. The molecule has 0 N–H and O–H groups in total. The van der Waals surface area contributed by atoms with Crippen LogP contribution in [0, 0.1) is 0 Å². The van der Waals surface area contributed by atoms with Crippen LogP contribution in [0.2, 0.25) is 0 Å². The van der Waals surface area contributed by atoms with Gasteiger partial charge in [-0.15, -0.1) is 0 Å². The predicted molar refractivity (Wildman–Crippen MR) is 165 cm³/mol. The van der Waals surface area contributed by atoms with Crippen molar-refractivity contribution in [2.75, 3.05) is 34.5 Å². The lowest BCUT2D eigenvalue weighted by molar-refractivity contribution is -0.143. The minimum absolute atomic E-state index is 0.183. The molecule has 11 nitrogen and oxygen atoms in total. The Morgan fingerprint density at radius 1 is 0.467 bits per heavy atom. The van der Waals surface area contributed by atoms with Crippen molar-refractivity contribution in [2.24, 2.45) is 0 Å². The van der Waals surface area contributed by atoms with Crippen LogP contribution in [-0.2, 0) is 28.6 Å². The molecule has 0 aliphatic carbocycles. The molecule has 0 heterocycles. The molecule has 0 amide bonds. The average molecular weight is 623 g/mol. The van der Waals surface area contributed by atoms with Gasteiger partial charge in [0, 0.05) is 16.7 Å². The molecule has 240 valence electrons. The van der Waals surface area contributed by atoms with Crippen molar-refractivity contribution in [1.82, 2.24) is 0 Å². The topological polar surface area (TPSA) is 149 Å². The Morgan fingerprint density at radius 2 is 0.800 bits per heavy atom. The standard InChI is InChI=1S/C12H14O4.C11H12O4.C11H12O3/c1-3-16-12(14)8-11(13)9-4-6-10(15-2)7-5-9;1-14-9-5-3-8(4-6-9)10(12)7-11(13)15-2;1-2-14-11(13)8-10(12)9-6-4-3-5-7-9/h4-7H,3,8H2,1-2H3;3-6H,7H2,1-2H3;3-7H,2,8H2,1H3. The van der Waals surface area contributed by atoms with Gasteiger partial charge < -0.3 is 23.7 Å². The number of rotatable bonds is 13. The fourth-order valence-electron chi connectivity index (χ4n) is 3.37. The number of carbonyl (C=O) groups excluding carboxylic acids is 6. The third-order valence-corrected chi connectivity index (χ3v) is 5.67. The van der Waals surface area contributed by atoms with E-state index in [1.165, 1.54) is 7.11 Å². The van der Waals surface area contributed by atoms with E-state index in [0.717, 1.165) is 0 Å². The van der Waals surface area contributed by atoms with Gasteiger partial charge in [0.05, 0.1) is 34.5 Å². The summed E-state index contributed by atoms with van der Waals surface area (Å²) in [5.41, 5.74) is 1.50. The smallest absolute Gasteiger partial charge is 0.313 e. The van der Waals surface area contributed by atoms with Gasteiger partial charge in [0.2, 0.25) is 0 Å². The maximum atomic E-state index is 11.6. The van der Waals surface area contributed by atoms with E-state index < -0.39 is 17.9 Å². The lowest BCUT2D eigenvalue weighted by Crippen LogP contribution is -2.11. The minimum atomic E-state index is -0.532. The largest absolute Gasteiger partial charge is 0.497 e. The van der Waals surface area contributed by atoms with Crippen LogP contribution in [0.15, 0.2) is 78.9 Å². The third-order valence-electron chi connectivity index (χ3n) is 5.67. The molecule has 0 radical (unpaired) electrons. The average Bonchev–Trinajstić information content (AvgIpc) is 3.05. The number of hydrogen-bond acceptors (Lipinski definition) is 11. The Hall–Kier alpha value is -5.32. The zero-order valence-electron chi connectivity index (χ0n) is 26.0. The van der Waals surface area contributed by atoms with E-state index in [0.29, 0.717) is 34.8 Å². The second kappa shape index (κ2) is 21.4. The number of Topliss-reactive ketones (excluding diaryl/α,β-unsaturated/α-hetero) is 3. The van der Waals surface area contributed by atoms with Gasteiger partial charge in [-0.2, -0.15) is 0 Å².